The molecule has 0 radical (unpaired) electrons. The Labute approximate surface area is 119 Å². The molecule has 1 aliphatic carbocycles. The molecular weight excluding hydrogens is 256 g/mol. The quantitative estimate of drug-likeness (QED) is 0.914. The summed E-state index contributed by atoms with van der Waals surface area (Å²) in [7, 11) is 0. The van der Waals surface area contributed by atoms with E-state index in [9.17, 15) is 10.4 Å². The highest BCUT2D eigenvalue weighted by Crippen LogP contribution is 2.48. The number of nitriles is 1. The van der Waals surface area contributed by atoms with E-state index in [0.717, 1.165) is 30.7 Å². The summed E-state index contributed by atoms with van der Waals surface area (Å²) < 4.78 is 0. The van der Waals surface area contributed by atoms with E-state index < -0.39 is 11.5 Å². The van der Waals surface area contributed by atoms with Crippen molar-refractivity contribution >= 4 is 11.3 Å². The van der Waals surface area contributed by atoms with Gasteiger partial charge in [0.1, 0.15) is 6.10 Å². The van der Waals surface area contributed by atoms with Gasteiger partial charge in [-0.1, -0.05) is 13.8 Å². The van der Waals surface area contributed by atoms with Gasteiger partial charge in [0.2, 0.25) is 0 Å². The molecule has 1 aliphatic rings. The minimum atomic E-state index is -0.740. The Hall–Kier alpha value is -0.920. The van der Waals surface area contributed by atoms with E-state index >= 15 is 0 Å². The van der Waals surface area contributed by atoms with Crippen LogP contribution in [0, 0.1) is 35.5 Å². The Balaban J connectivity index is 2.14. The Kier molecular flexibility index (Phi) is 4.27. The second-order valence-corrected chi connectivity index (χ2v) is 7.11. The summed E-state index contributed by atoms with van der Waals surface area (Å²) in [5.74, 6) is 1.35. The van der Waals surface area contributed by atoms with Crippen LogP contribution in [0.4, 0.5) is 0 Å². The van der Waals surface area contributed by atoms with Gasteiger partial charge in [-0.2, -0.15) is 5.26 Å². The molecule has 0 bridgehead atoms. The van der Waals surface area contributed by atoms with Crippen molar-refractivity contribution in [2.75, 3.05) is 0 Å². The predicted octanol–water partition coefficient (Wildman–Crippen LogP) is 3.84. The molecule has 1 fully saturated rings. The molecule has 0 amide bonds. The maximum Gasteiger partial charge on any atom is 0.115 e. The highest BCUT2D eigenvalue weighted by atomic mass is 32.1. The SMILES string of the molecule is Cc1nc(C(O)C2(C#N)CCC(C(C)C)CC2)cs1. The zero-order valence-corrected chi connectivity index (χ0v) is 12.7. The molecule has 19 heavy (non-hydrogen) atoms. The van der Waals surface area contributed by atoms with Gasteiger partial charge < -0.3 is 5.11 Å². The number of nitrogens with zero attached hydrogens (tertiary/aromatic N) is 2. The average Bonchev–Trinajstić information content (AvgIpc) is 2.84. The maximum atomic E-state index is 10.6. The first-order valence-electron chi connectivity index (χ1n) is 7.00. The predicted molar refractivity (Wildman–Crippen MR) is 76.7 cm³/mol. The molecule has 1 N–H and O–H groups in total. The van der Waals surface area contributed by atoms with E-state index in [1.54, 1.807) is 0 Å². The lowest BCUT2D eigenvalue weighted by molar-refractivity contribution is 0.0166. The lowest BCUT2D eigenvalue weighted by Crippen LogP contribution is -2.33. The summed E-state index contributed by atoms with van der Waals surface area (Å²) in [5, 5.41) is 23.0. The van der Waals surface area contributed by atoms with Crippen LogP contribution in [0.1, 0.15) is 56.3 Å². The van der Waals surface area contributed by atoms with E-state index in [1.807, 2.05) is 12.3 Å². The number of aryl methyl sites for hydroxylation is 1. The fourth-order valence-corrected chi connectivity index (χ4v) is 3.69. The van der Waals surface area contributed by atoms with E-state index in [4.69, 9.17) is 0 Å². The van der Waals surface area contributed by atoms with Gasteiger partial charge >= 0.3 is 0 Å². The lowest BCUT2D eigenvalue weighted by Gasteiger charge is -2.38. The number of thiazole rings is 1. The van der Waals surface area contributed by atoms with Gasteiger partial charge in [0.25, 0.3) is 0 Å². The van der Waals surface area contributed by atoms with Crippen molar-refractivity contribution in [1.29, 1.82) is 5.26 Å². The maximum absolute atomic E-state index is 10.6. The van der Waals surface area contributed by atoms with Crippen molar-refractivity contribution in [1.82, 2.24) is 4.98 Å². The van der Waals surface area contributed by atoms with Crippen LogP contribution in [0.2, 0.25) is 0 Å². The fraction of sp³-hybridized carbons (Fsp3) is 0.733. The molecule has 3 nitrogen and oxygen atoms in total. The molecule has 1 unspecified atom stereocenters. The van der Waals surface area contributed by atoms with Crippen molar-refractivity contribution in [3.63, 3.8) is 0 Å². The van der Waals surface area contributed by atoms with Crippen LogP contribution in [-0.4, -0.2) is 10.1 Å². The normalized spacial score (nSPS) is 29.2. The van der Waals surface area contributed by atoms with Crippen molar-refractivity contribution in [2.24, 2.45) is 17.3 Å². The smallest absolute Gasteiger partial charge is 0.115 e. The molecule has 1 aromatic heterocycles. The summed E-state index contributed by atoms with van der Waals surface area (Å²) in [6.07, 6.45) is 2.89. The lowest BCUT2D eigenvalue weighted by atomic mass is 9.65. The number of hydrogen-bond acceptors (Lipinski definition) is 4. The van der Waals surface area contributed by atoms with E-state index in [0.29, 0.717) is 17.5 Å². The Morgan fingerprint density at radius 1 is 1.47 bits per heavy atom. The molecule has 2 rings (SSSR count). The van der Waals surface area contributed by atoms with Gasteiger partial charge in [0.05, 0.1) is 22.2 Å². The summed E-state index contributed by atoms with van der Waals surface area (Å²) in [5.41, 5.74) is 0.0402. The third-order valence-corrected chi connectivity index (χ3v) is 5.32. The van der Waals surface area contributed by atoms with Gasteiger partial charge in [0.15, 0.2) is 0 Å². The van der Waals surface area contributed by atoms with Crippen LogP contribution in [0.15, 0.2) is 5.38 Å². The standard InChI is InChI=1S/C15H22N2OS/c1-10(2)12-4-6-15(9-16,7-5-12)14(18)13-8-19-11(3)17-13/h8,10,12,14,18H,4-7H2,1-3H3. The third kappa shape index (κ3) is 2.82. The minimum absolute atomic E-state index is 0.633. The third-order valence-electron chi connectivity index (χ3n) is 4.53. The van der Waals surface area contributed by atoms with Crippen LogP contribution in [0.3, 0.4) is 0 Å². The molecule has 0 aromatic carbocycles. The van der Waals surface area contributed by atoms with Crippen LogP contribution >= 0.6 is 11.3 Å². The molecule has 1 aromatic rings. The van der Waals surface area contributed by atoms with Gasteiger partial charge in [-0.25, -0.2) is 4.98 Å². The number of aliphatic hydroxyl groups excluding tert-OH is 1. The number of rotatable bonds is 3. The van der Waals surface area contributed by atoms with Crippen molar-refractivity contribution in [3.05, 3.63) is 16.1 Å². The minimum Gasteiger partial charge on any atom is -0.385 e. The summed E-state index contributed by atoms with van der Waals surface area (Å²) in [6.45, 7) is 6.41. The Bertz CT molecular complexity index is 467. The molecule has 1 heterocycles. The second kappa shape index (κ2) is 5.60. The van der Waals surface area contributed by atoms with Crippen LogP contribution < -0.4 is 0 Å². The fourth-order valence-electron chi connectivity index (χ4n) is 3.06. The molecule has 1 atom stereocenters. The van der Waals surface area contributed by atoms with Crippen molar-refractivity contribution in [2.45, 2.75) is 52.6 Å². The van der Waals surface area contributed by atoms with Crippen molar-refractivity contribution in [3.8, 4) is 6.07 Å². The van der Waals surface area contributed by atoms with Gasteiger partial charge in [0, 0.05) is 5.38 Å². The molecule has 4 heteroatoms. The van der Waals surface area contributed by atoms with Crippen molar-refractivity contribution < 1.29 is 5.11 Å². The monoisotopic (exact) mass is 278 g/mol. The molecule has 0 spiro atoms. The molecule has 104 valence electrons. The number of aliphatic hydroxyl groups is 1. The summed E-state index contributed by atoms with van der Waals surface area (Å²) in [4.78, 5) is 4.35. The van der Waals surface area contributed by atoms with E-state index in [1.165, 1.54) is 11.3 Å². The van der Waals surface area contributed by atoms with Crippen LogP contribution in [-0.2, 0) is 0 Å². The summed E-state index contributed by atoms with van der Waals surface area (Å²) >= 11 is 1.53. The topological polar surface area (TPSA) is 56.9 Å². The molecule has 0 aliphatic heterocycles. The Morgan fingerprint density at radius 2 is 2.11 bits per heavy atom. The molecule has 1 saturated carbocycles. The first-order valence-corrected chi connectivity index (χ1v) is 7.88. The van der Waals surface area contributed by atoms with Gasteiger partial charge in [-0.3, -0.25) is 0 Å². The van der Waals surface area contributed by atoms with Gasteiger partial charge in [-0.15, -0.1) is 11.3 Å². The largest absolute Gasteiger partial charge is 0.385 e. The first-order chi connectivity index (χ1) is 8.98. The summed E-state index contributed by atoms with van der Waals surface area (Å²) in [6, 6.07) is 2.40. The number of hydrogen-bond donors (Lipinski definition) is 1. The van der Waals surface area contributed by atoms with E-state index in [-0.39, 0.29) is 0 Å². The highest BCUT2D eigenvalue weighted by Gasteiger charge is 2.43. The highest BCUT2D eigenvalue weighted by molar-refractivity contribution is 7.09. The average molecular weight is 278 g/mol. The second-order valence-electron chi connectivity index (χ2n) is 6.04. The molecular formula is C15H22N2OS. The first kappa shape index (κ1) is 14.5. The Morgan fingerprint density at radius 3 is 2.53 bits per heavy atom. The van der Waals surface area contributed by atoms with E-state index in [2.05, 4.69) is 24.9 Å². The van der Waals surface area contributed by atoms with Gasteiger partial charge in [-0.05, 0) is 44.4 Å². The van der Waals surface area contributed by atoms with Crippen LogP contribution in [0.25, 0.3) is 0 Å². The zero-order valence-electron chi connectivity index (χ0n) is 11.9. The van der Waals surface area contributed by atoms with Crippen LogP contribution in [0.5, 0.6) is 0 Å². The molecule has 0 saturated heterocycles. The number of aromatic nitrogens is 1. The zero-order chi connectivity index (χ0) is 14.0.